The number of likely N-dealkylation sites (tertiary alicyclic amines) is 1. The van der Waals surface area contributed by atoms with Crippen LogP contribution in [0.2, 0.25) is 0 Å². The Morgan fingerprint density at radius 3 is 2.60 bits per heavy atom. The van der Waals surface area contributed by atoms with Crippen LogP contribution < -0.4 is 0 Å². The second kappa shape index (κ2) is 8.26. The molecule has 0 unspecified atom stereocenters. The van der Waals surface area contributed by atoms with E-state index in [9.17, 15) is 4.79 Å². The highest BCUT2D eigenvalue weighted by Gasteiger charge is 2.30. The lowest BCUT2D eigenvalue weighted by atomic mass is 9.82. The van der Waals surface area contributed by atoms with Gasteiger partial charge in [-0.2, -0.15) is 0 Å². The minimum atomic E-state index is 0.201. The molecule has 0 N–H and O–H groups in total. The molecular weight excluding hydrogens is 374 g/mol. The van der Waals surface area contributed by atoms with Gasteiger partial charge in [-0.25, -0.2) is 0 Å². The van der Waals surface area contributed by atoms with E-state index < -0.39 is 0 Å². The first-order valence-electron chi connectivity index (χ1n) is 11.2. The molecule has 2 aliphatic rings. The molecular formula is C24H29N5O. The van der Waals surface area contributed by atoms with Crippen molar-refractivity contribution in [1.29, 1.82) is 0 Å². The van der Waals surface area contributed by atoms with Crippen molar-refractivity contribution in [1.82, 2.24) is 24.9 Å². The normalized spacial score (nSPS) is 22.6. The first-order valence-corrected chi connectivity index (χ1v) is 11.2. The lowest BCUT2D eigenvalue weighted by Crippen LogP contribution is -2.37. The SMILES string of the molecule is Cn1cc(-c2ccc3cnc(CC(=O)C4CCC(N5CCCC5)CC4)cc3c2)nn1. The van der Waals surface area contributed by atoms with E-state index in [1.165, 1.54) is 38.8 Å². The van der Waals surface area contributed by atoms with Gasteiger partial charge in [0, 0.05) is 48.3 Å². The van der Waals surface area contributed by atoms with Crippen molar-refractivity contribution in [3.63, 3.8) is 0 Å². The van der Waals surface area contributed by atoms with Crippen LogP contribution in [0.15, 0.2) is 36.7 Å². The summed E-state index contributed by atoms with van der Waals surface area (Å²) in [5, 5.41) is 10.4. The molecule has 3 aromatic rings. The van der Waals surface area contributed by atoms with Crippen LogP contribution in [0.25, 0.3) is 22.0 Å². The predicted molar refractivity (Wildman–Crippen MR) is 117 cm³/mol. The molecule has 2 aromatic heterocycles. The second-order valence-electron chi connectivity index (χ2n) is 8.91. The number of carbonyl (C=O) groups excluding carboxylic acids is 1. The quantitative estimate of drug-likeness (QED) is 0.648. The molecule has 6 heteroatoms. The van der Waals surface area contributed by atoms with Gasteiger partial charge in [0.2, 0.25) is 0 Å². The number of rotatable bonds is 5. The summed E-state index contributed by atoms with van der Waals surface area (Å²) in [6, 6.07) is 8.96. The first-order chi connectivity index (χ1) is 14.7. The van der Waals surface area contributed by atoms with Crippen LogP contribution in [-0.4, -0.2) is 49.8 Å². The molecule has 1 aliphatic heterocycles. The van der Waals surface area contributed by atoms with Gasteiger partial charge in [-0.1, -0.05) is 17.3 Å². The van der Waals surface area contributed by atoms with Crippen molar-refractivity contribution in [2.24, 2.45) is 13.0 Å². The summed E-state index contributed by atoms with van der Waals surface area (Å²) >= 11 is 0. The monoisotopic (exact) mass is 403 g/mol. The van der Waals surface area contributed by atoms with Crippen LogP contribution in [-0.2, 0) is 18.3 Å². The van der Waals surface area contributed by atoms with Crippen LogP contribution in [0.4, 0.5) is 0 Å². The van der Waals surface area contributed by atoms with E-state index in [1.54, 1.807) is 4.68 Å². The van der Waals surface area contributed by atoms with Crippen molar-refractivity contribution in [3.8, 4) is 11.3 Å². The summed E-state index contributed by atoms with van der Waals surface area (Å²) in [6.07, 6.45) is 11.3. The maximum atomic E-state index is 12.9. The number of aryl methyl sites for hydroxylation is 1. The van der Waals surface area contributed by atoms with Crippen LogP contribution in [0.3, 0.4) is 0 Å². The van der Waals surface area contributed by atoms with Gasteiger partial charge in [0.15, 0.2) is 0 Å². The molecule has 156 valence electrons. The summed E-state index contributed by atoms with van der Waals surface area (Å²) in [7, 11) is 1.86. The van der Waals surface area contributed by atoms with E-state index >= 15 is 0 Å². The lowest BCUT2D eigenvalue weighted by Gasteiger charge is -2.34. The van der Waals surface area contributed by atoms with E-state index in [1.807, 2.05) is 25.5 Å². The third-order valence-electron chi connectivity index (χ3n) is 6.84. The van der Waals surface area contributed by atoms with Gasteiger partial charge < -0.3 is 4.90 Å². The number of fused-ring (bicyclic) bond motifs is 1. The summed E-state index contributed by atoms with van der Waals surface area (Å²) < 4.78 is 1.70. The molecule has 0 radical (unpaired) electrons. The number of aromatic nitrogens is 4. The molecule has 1 aromatic carbocycles. The van der Waals surface area contributed by atoms with E-state index in [4.69, 9.17) is 0 Å². The minimum Gasteiger partial charge on any atom is -0.300 e. The van der Waals surface area contributed by atoms with Gasteiger partial charge in [0.1, 0.15) is 11.5 Å². The highest BCUT2D eigenvalue weighted by Crippen LogP contribution is 2.31. The average Bonchev–Trinajstić information content (AvgIpc) is 3.45. The van der Waals surface area contributed by atoms with Crippen molar-refractivity contribution in [2.75, 3.05) is 13.1 Å². The Labute approximate surface area is 177 Å². The topological polar surface area (TPSA) is 63.9 Å². The van der Waals surface area contributed by atoms with Gasteiger partial charge in [-0.3, -0.25) is 14.5 Å². The summed E-state index contributed by atoms with van der Waals surface area (Å²) in [5.41, 5.74) is 2.74. The third-order valence-corrected chi connectivity index (χ3v) is 6.84. The smallest absolute Gasteiger partial charge is 0.141 e. The standard InChI is InChI=1S/C24H29N5O/c1-28-16-23(26-27-28)18-4-5-19-15-25-21(13-20(19)12-18)14-24(30)17-6-8-22(9-7-17)29-10-2-3-11-29/h4-5,12-13,15-17,22H,2-3,6-11,14H2,1H3. The molecule has 0 atom stereocenters. The fourth-order valence-electron chi connectivity index (χ4n) is 5.11. The van der Waals surface area contributed by atoms with Crippen LogP contribution in [0.5, 0.6) is 0 Å². The number of hydrogen-bond donors (Lipinski definition) is 0. The minimum absolute atomic E-state index is 0.201. The third kappa shape index (κ3) is 4.01. The van der Waals surface area contributed by atoms with E-state index in [0.717, 1.165) is 40.6 Å². The Balaban J connectivity index is 1.26. The molecule has 2 fully saturated rings. The molecule has 1 aliphatic carbocycles. The number of Topliss-reactive ketones (excluding diaryl/α,β-unsaturated/α-hetero) is 1. The molecule has 0 bridgehead atoms. The maximum Gasteiger partial charge on any atom is 0.141 e. The Morgan fingerprint density at radius 2 is 1.87 bits per heavy atom. The second-order valence-corrected chi connectivity index (χ2v) is 8.91. The zero-order valence-corrected chi connectivity index (χ0v) is 17.6. The van der Waals surface area contributed by atoms with Gasteiger partial charge in [0.05, 0.1) is 6.20 Å². The number of pyridine rings is 1. The summed E-state index contributed by atoms with van der Waals surface area (Å²) in [5.74, 6) is 0.555. The predicted octanol–water partition coefficient (Wildman–Crippen LogP) is 3.80. The van der Waals surface area contributed by atoms with Crippen molar-refractivity contribution in [3.05, 3.63) is 42.4 Å². The van der Waals surface area contributed by atoms with Crippen molar-refractivity contribution in [2.45, 2.75) is 51.0 Å². The van der Waals surface area contributed by atoms with Gasteiger partial charge in [0.25, 0.3) is 0 Å². The Kier molecular flexibility index (Phi) is 5.34. The highest BCUT2D eigenvalue weighted by atomic mass is 16.1. The summed E-state index contributed by atoms with van der Waals surface area (Å²) in [4.78, 5) is 20.2. The van der Waals surface area contributed by atoms with Crippen LogP contribution in [0, 0.1) is 5.92 Å². The molecule has 0 spiro atoms. The number of benzene rings is 1. The molecule has 1 saturated carbocycles. The molecule has 1 saturated heterocycles. The first kappa shape index (κ1) is 19.4. The average molecular weight is 404 g/mol. The summed E-state index contributed by atoms with van der Waals surface area (Å²) in [6.45, 7) is 2.50. The number of carbonyl (C=O) groups is 1. The molecule has 0 amide bonds. The van der Waals surface area contributed by atoms with Crippen LogP contribution >= 0.6 is 0 Å². The van der Waals surface area contributed by atoms with E-state index in [2.05, 4.69) is 38.4 Å². The van der Waals surface area contributed by atoms with E-state index in [0.29, 0.717) is 18.2 Å². The Morgan fingerprint density at radius 1 is 1.07 bits per heavy atom. The largest absolute Gasteiger partial charge is 0.300 e. The molecule has 3 heterocycles. The fraction of sp³-hybridized carbons (Fsp3) is 0.500. The lowest BCUT2D eigenvalue weighted by molar-refractivity contribution is -0.123. The fourth-order valence-corrected chi connectivity index (χ4v) is 5.11. The number of ketones is 1. The van der Waals surface area contributed by atoms with Gasteiger partial charge in [-0.15, -0.1) is 5.10 Å². The van der Waals surface area contributed by atoms with Gasteiger partial charge in [-0.05, 0) is 69.1 Å². The number of hydrogen-bond acceptors (Lipinski definition) is 5. The molecule has 30 heavy (non-hydrogen) atoms. The van der Waals surface area contributed by atoms with Crippen LogP contribution in [0.1, 0.15) is 44.2 Å². The molecule has 6 nitrogen and oxygen atoms in total. The van der Waals surface area contributed by atoms with Crippen molar-refractivity contribution < 1.29 is 4.79 Å². The van der Waals surface area contributed by atoms with E-state index in [-0.39, 0.29) is 5.92 Å². The van der Waals surface area contributed by atoms with Gasteiger partial charge >= 0.3 is 0 Å². The van der Waals surface area contributed by atoms with Crippen molar-refractivity contribution >= 4 is 16.6 Å². The Bertz CT molecular complexity index is 1040. The zero-order chi connectivity index (χ0) is 20.5. The number of nitrogens with zero attached hydrogens (tertiary/aromatic N) is 5. The Hall–Kier alpha value is -2.60. The molecule has 5 rings (SSSR count). The maximum absolute atomic E-state index is 12.9. The highest BCUT2D eigenvalue weighted by molar-refractivity contribution is 5.88. The zero-order valence-electron chi connectivity index (χ0n) is 17.6.